The minimum absolute atomic E-state index is 0.147. The van der Waals surface area contributed by atoms with E-state index in [1.54, 1.807) is 12.1 Å². The molecule has 0 saturated carbocycles. The number of hydrogen-bond donors (Lipinski definition) is 2. The van der Waals surface area contributed by atoms with Gasteiger partial charge in [0.15, 0.2) is 0 Å². The Kier molecular flexibility index (Phi) is 5.23. The Morgan fingerprint density at radius 1 is 1.32 bits per heavy atom. The molecule has 2 N–H and O–H groups in total. The molecule has 2 amide bonds. The molecule has 1 aromatic rings. The van der Waals surface area contributed by atoms with Crippen molar-refractivity contribution in [2.75, 3.05) is 13.6 Å². The summed E-state index contributed by atoms with van der Waals surface area (Å²) in [6.45, 7) is -0.490. The molecule has 104 valence electrons. The first kappa shape index (κ1) is 14.9. The van der Waals surface area contributed by atoms with Crippen LogP contribution in [0.3, 0.4) is 0 Å². The van der Waals surface area contributed by atoms with E-state index in [0.29, 0.717) is 5.56 Å². The smallest absolute Gasteiger partial charge is 0.335 e. The minimum atomic E-state index is -2.59. The van der Waals surface area contributed by atoms with Crippen molar-refractivity contribution in [3.8, 4) is 0 Å². The molecule has 0 aliphatic heterocycles. The number of nitrogens with zero attached hydrogens (tertiary/aromatic N) is 1. The van der Waals surface area contributed by atoms with E-state index >= 15 is 0 Å². The third-order valence-electron chi connectivity index (χ3n) is 2.37. The van der Waals surface area contributed by atoms with Gasteiger partial charge in [-0.25, -0.2) is 18.4 Å². The third-order valence-corrected chi connectivity index (χ3v) is 2.37. The van der Waals surface area contributed by atoms with E-state index in [0.717, 1.165) is 0 Å². The van der Waals surface area contributed by atoms with Crippen molar-refractivity contribution in [3.63, 3.8) is 0 Å². The average molecular weight is 272 g/mol. The number of carbonyl (C=O) groups is 2. The molecule has 0 heterocycles. The Balaban J connectivity index is 2.54. The summed E-state index contributed by atoms with van der Waals surface area (Å²) in [6.07, 6.45) is -2.59. The SMILES string of the molecule is CN(Cc1ccc(C(=O)O)cc1)C(=O)NCC(F)F. The van der Waals surface area contributed by atoms with Crippen LogP contribution in [-0.2, 0) is 6.54 Å². The second-order valence-corrected chi connectivity index (χ2v) is 3.94. The number of carbonyl (C=O) groups excluding carboxylic acids is 1. The molecule has 0 radical (unpaired) electrons. The lowest BCUT2D eigenvalue weighted by molar-refractivity contribution is 0.0696. The zero-order valence-electron chi connectivity index (χ0n) is 10.3. The molecule has 0 saturated heterocycles. The molecule has 0 fully saturated rings. The van der Waals surface area contributed by atoms with E-state index in [-0.39, 0.29) is 12.1 Å². The quantitative estimate of drug-likeness (QED) is 0.858. The number of urea groups is 1. The maximum Gasteiger partial charge on any atom is 0.335 e. The lowest BCUT2D eigenvalue weighted by Gasteiger charge is -2.18. The fraction of sp³-hybridized carbons (Fsp3) is 0.333. The fourth-order valence-electron chi connectivity index (χ4n) is 1.40. The number of hydrogen-bond acceptors (Lipinski definition) is 2. The van der Waals surface area contributed by atoms with Crippen LogP contribution in [0.15, 0.2) is 24.3 Å². The summed E-state index contributed by atoms with van der Waals surface area (Å²) in [5, 5.41) is 10.8. The second-order valence-electron chi connectivity index (χ2n) is 3.94. The summed E-state index contributed by atoms with van der Waals surface area (Å²) in [5.41, 5.74) is 0.855. The van der Waals surface area contributed by atoms with Gasteiger partial charge in [0.2, 0.25) is 0 Å². The van der Waals surface area contributed by atoms with Crippen LogP contribution < -0.4 is 5.32 Å². The average Bonchev–Trinajstić information content (AvgIpc) is 2.36. The van der Waals surface area contributed by atoms with Gasteiger partial charge in [-0.1, -0.05) is 12.1 Å². The van der Waals surface area contributed by atoms with Crippen molar-refractivity contribution in [2.24, 2.45) is 0 Å². The highest BCUT2D eigenvalue weighted by Gasteiger charge is 2.11. The van der Waals surface area contributed by atoms with Gasteiger partial charge in [-0.2, -0.15) is 0 Å². The topological polar surface area (TPSA) is 69.6 Å². The second kappa shape index (κ2) is 6.67. The third kappa shape index (κ3) is 4.90. The van der Waals surface area contributed by atoms with Gasteiger partial charge in [0.25, 0.3) is 6.43 Å². The molecular weight excluding hydrogens is 258 g/mol. The standard InChI is InChI=1S/C12H14F2N2O3/c1-16(12(19)15-6-10(13)14)7-8-2-4-9(5-3-8)11(17)18/h2-5,10H,6-7H2,1H3,(H,15,19)(H,17,18). The molecule has 1 rings (SSSR count). The van der Waals surface area contributed by atoms with E-state index in [1.165, 1.54) is 24.1 Å². The number of carboxylic acids is 1. The number of halogens is 2. The molecule has 1 aromatic carbocycles. The molecule has 0 unspecified atom stereocenters. The van der Waals surface area contributed by atoms with Crippen LogP contribution in [0.2, 0.25) is 0 Å². The molecule has 5 nitrogen and oxygen atoms in total. The fourth-order valence-corrected chi connectivity index (χ4v) is 1.40. The van der Waals surface area contributed by atoms with Crippen molar-refractivity contribution < 1.29 is 23.5 Å². The molecule has 19 heavy (non-hydrogen) atoms. The number of alkyl halides is 2. The Morgan fingerprint density at radius 3 is 2.37 bits per heavy atom. The maximum atomic E-state index is 11.9. The van der Waals surface area contributed by atoms with Crippen molar-refractivity contribution in [2.45, 2.75) is 13.0 Å². The molecule has 0 aliphatic rings. The zero-order chi connectivity index (χ0) is 14.4. The van der Waals surface area contributed by atoms with E-state index in [9.17, 15) is 18.4 Å². The first-order valence-electron chi connectivity index (χ1n) is 5.49. The molecule has 7 heteroatoms. The molecule has 0 aliphatic carbocycles. The summed E-state index contributed by atoms with van der Waals surface area (Å²) in [6, 6.07) is 5.37. The highest BCUT2D eigenvalue weighted by Crippen LogP contribution is 2.07. The Hall–Kier alpha value is -2.18. The van der Waals surface area contributed by atoms with Crippen molar-refractivity contribution in [1.82, 2.24) is 10.2 Å². The van der Waals surface area contributed by atoms with E-state index in [1.807, 2.05) is 0 Å². The Labute approximate surface area is 108 Å². The van der Waals surface area contributed by atoms with Crippen LogP contribution >= 0.6 is 0 Å². The van der Waals surface area contributed by atoms with E-state index < -0.39 is 25.0 Å². The van der Waals surface area contributed by atoms with Gasteiger partial charge >= 0.3 is 12.0 Å². The first-order valence-corrected chi connectivity index (χ1v) is 5.49. The zero-order valence-corrected chi connectivity index (χ0v) is 10.3. The number of rotatable bonds is 5. The van der Waals surface area contributed by atoms with Crippen LogP contribution in [-0.4, -0.2) is 42.0 Å². The molecule has 0 aromatic heterocycles. The van der Waals surface area contributed by atoms with E-state index in [4.69, 9.17) is 5.11 Å². The molecular formula is C12H14F2N2O3. The van der Waals surface area contributed by atoms with E-state index in [2.05, 4.69) is 5.32 Å². The molecule has 0 atom stereocenters. The summed E-state index contributed by atoms with van der Waals surface area (Å²) >= 11 is 0. The Morgan fingerprint density at radius 2 is 1.89 bits per heavy atom. The number of carboxylic acid groups (broad SMARTS) is 1. The highest BCUT2D eigenvalue weighted by atomic mass is 19.3. The summed E-state index contributed by atoms with van der Waals surface area (Å²) < 4.78 is 23.8. The monoisotopic (exact) mass is 272 g/mol. The molecule has 0 spiro atoms. The Bertz CT molecular complexity index is 449. The van der Waals surface area contributed by atoms with Crippen LogP contribution in [0.4, 0.5) is 13.6 Å². The van der Waals surface area contributed by atoms with Crippen molar-refractivity contribution in [1.29, 1.82) is 0 Å². The van der Waals surface area contributed by atoms with Crippen LogP contribution in [0, 0.1) is 0 Å². The van der Waals surface area contributed by atoms with Crippen LogP contribution in [0.5, 0.6) is 0 Å². The number of aromatic carboxylic acids is 1. The van der Waals surface area contributed by atoms with Crippen molar-refractivity contribution >= 4 is 12.0 Å². The number of nitrogens with one attached hydrogen (secondary N) is 1. The van der Waals surface area contributed by atoms with Crippen molar-refractivity contribution in [3.05, 3.63) is 35.4 Å². The van der Waals surface area contributed by atoms with Crippen LogP contribution in [0.1, 0.15) is 15.9 Å². The number of amides is 2. The number of benzene rings is 1. The normalized spacial score (nSPS) is 10.3. The van der Waals surface area contributed by atoms with Gasteiger partial charge in [-0.15, -0.1) is 0 Å². The summed E-state index contributed by atoms with van der Waals surface area (Å²) in [7, 11) is 1.46. The largest absolute Gasteiger partial charge is 0.478 e. The lowest BCUT2D eigenvalue weighted by Crippen LogP contribution is -2.39. The first-order chi connectivity index (χ1) is 8.90. The maximum absolute atomic E-state index is 11.9. The minimum Gasteiger partial charge on any atom is -0.478 e. The lowest BCUT2D eigenvalue weighted by atomic mass is 10.1. The van der Waals surface area contributed by atoms with Gasteiger partial charge < -0.3 is 15.3 Å². The van der Waals surface area contributed by atoms with Gasteiger partial charge in [0.1, 0.15) is 0 Å². The van der Waals surface area contributed by atoms with Crippen LogP contribution in [0.25, 0.3) is 0 Å². The predicted octanol–water partition coefficient (Wildman–Crippen LogP) is 1.79. The summed E-state index contributed by atoms with van der Waals surface area (Å²) in [4.78, 5) is 23.3. The van der Waals surface area contributed by atoms with Gasteiger partial charge in [0, 0.05) is 13.6 Å². The van der Waals surface area contributed by atoms with Gasteiger partial charge in [0.05, 0.1) is 12.1 Å². The van der Waals surface area contributed by atoms with Gasteiger partial charge in [-0.05, 0) is 17.7 Å². The molecule has 0 bridgehead atoms. The van der Waals surface area contributed by atoms with Gasteiger partial charge in [-0.3, -0.25) is 0 Å². The highest BCUT2D eigenvalue weighted by molar-refractivity contribution is 5.87. The predicted molar refractivity (Wildman–Crippen MR) is 64.3 cm³/mol. The summed E-state index contributed by atoms with van der Waals surface area (Å²) in [5.74, 6) is -1.03.